The van der Waals surface area contributed by atoms with E-state index in [9.17, 15) is 0 Å². The second kappa shape index (κ2) is 10.8. The van der Waals surface area contributed by atoms with Gasteiger partial charge in [-0.2, -0.15) is 5.10 Å². The Kier molecular flexibility index (Phi) is 6.92. The zero-order valence-corrected chi connectivity index (χ0v) is 30.4. The minimum Gasteiger partial charge on any atom is -0.656 e. The molecule has 4 aromatic carbocycles. The Morgan fingerprint density at radius 1 is 0.625 bits per heavy atom. The minimum absolute atomic E-state index is 0. The molecule has 0 amide bonds. The van der Waals surface area contributed by atoms with E-state index in [2.05, 4.69) is 133 Å². The predicted molar refractivity (Wildman–Crippen MR) is 194 cm³/mol. The molecule has 0 bridgehead atoms. The summed E-state index contributed by atoms with van der Waals surface area (Å²) in [5.74, 6) is 0.796. The summed E-state index contributed by atoms with van der Waals surface area (Å²) in [7, 11) is 0. The molecule has 6 heteroatoms. The maximum atomic E-state index is 5.37. The first-order valence-corrected chi connectivity index (χ1v) is 16.6. The molecule has 0 N–H and O–H groups in total. The van der Waals surface area contributed by atoms with Crippen molar-refractivity contribution in [2.75, 3.05) is 0 Å². The van der Waals surface area contributed by atoms with Crippen molar-refractivity contribution in [2.24, 2.45) is 0 Å². The second-order valence-corrected chi connectivity index (χ2v) is 15.2. The van der Waals surface area contributed by atoms with Crippen molar-refractivity contribution in [3.05, 3.63) is 113 Å². The quantitative estimate of drug-likeness (QED) is 0.175. The van der Waals surface area contributed by atoms with Crippen LogP contribution >= 0.6 is 0 Å². The number of rotatable bonds is 2. The summed E-state index contributed by atoms with van der Waals surface area (Å²) >= 11 is 0. The molecular formula is C42H37N5Pt. The average Bonchev–Trinajstić information content (AvgIpc) is 3.74. The van der Waals surface area contributed by atoms with Gasteiger partial charge < -0.3 is 9.97 Å². The van der Waals surface area contributed by atoms with Gasteiger partial charge in [0, 0.05) is 5.39 Å². The third kappa shape index (κ3) is 4.70. The molecule has 0 fully saturated rings. The van der Waals surface area contributed by atoms with E-state index >= 15 is 0 Å². The molecule has 4 heterocycles. The molecule has 0 aliphatic heterocycles. The molecule has 240 valence electrons. The van der Waals surface area contributed by atoms with Crippen LogP contribution in [0.25, 0.3) is 72.1 Å². The third-order valence-corrected chi connectivity index (χ3v) is 10.0. The first-order valence-electron chi connectivity index (χ1n) is 16.6. The van der Waals surface area contributed by atoms with Gasteiger partial charge in [0.05, 0.1) is 16.9 Å². The molecule has 0 saturated carbocycles. The second-order valence-electron chi connectivity index (χ2n) is 15.2. The third-order valence-electron chi connectivity index (χ3n) is 10.0. The summed E-state index contributed by atoms with van der Waals surface area (Å²) < 4.78 is 2.01. The number of nitrogens with zero attached hydrogens (tertiary/aromatic N) is 5. The maximum Gasteiger partial charge on any atom is 2.00 e. The summed E-state index contributed by atoms with van der Waals surface area (Å²) in [6.07, 6.45) is 1.94. The van der Waals surface area contributed by atoms with Crippen LogP contribution in [0.3, 0.4) is 0 Å². The van der Waals surface area contributed by atoms with Crippen molar-refractivity contribution in [1.82, 2.24) is 24.7 Å². The van der Waals surface area contributed by atoms with Gasteiger partial charge in [0.15, 0.2) is 5.82 Å². The molecule has 0 spiro atoms. The predicted octanol–water partition coefficient (Wildman–Crippen LogP) is 9.82. The monoisotopic (exact) mass is 806 g/mol. The van der Waals surface area contributed by atoms with Crippen molar-refractivity contribution in [3.8, 4) is 28.5 Å². The molecule has 0 atom stereocenters. The van der Waals surface area contributed by atoms with Crippen LogP contribution in [0.1, 0.15) is 63.8 Å². The van der Waals surface area contributed by atoms with E-state index in [1.807, 2.05) is 4.68 Å². The summed E-state index contributed by atoms with van der Waals surface area (Å²) in [5, 5.41) is 10.1. The minimum atomic E-state index is -0.0552. The Morgan fingerprint density at radius 2 is 1.33 bits per heavy atom. The molecule has 0 radical (unpaired) electrons. The van der Waals surface area contributed by atoms with Crippen LogP contribution in [0.15, 0.2) is 91.0 Å². The van der Waals surface area contributed by atoms with Crippen molar-refractivity contribution in [1.29, 1.82) is 0 Å². The molecular weight excluding hydrogens is 770 g/mol. The van der Waals surface area contributed by atoms with Gasteiger partial charge in [0.1, 0.15) is 0 Å². The van der Waals surface area contributed by atoms with Crippen LogP contribution in [-0.2, 0) is 44.7 Å². The number of aryl methyl sites for hydroxylation is 2. The summed E-state index contributed by atoms with van der Waals surface area (Å²) in [6, 6.07) is 32.6. The maximum absolute atomic E-state index is 5.37. The normalized spacial score (nSPS) is 13.3. The fourth-order valence-corrected chi connectivity index (χ4v) is 7.30. The van der Waals surface area contributed by atoms with Crippen LogP contribution in [0.4, 0.5) is 0 Å². The standard InChI is InChI=1S/C42H37N5.Pt/c1-41(2,3)25-17-19-34-30(21-25)31-22-26(42(4,5)6)23-32(38(31)43-34)39-29-12-8-10-14-35(29)47(46-39)36-20-16-24-15-18-28-27-11-7-9-13-33(27)44-40(28)37(24)45-36;/h7-14,16-17,19-23H,15,18H2,1-6H3;/q-2;+2. The molecule has 1 aliphatic rings. The number of pyridine rings is 1. The summed E-state index contributed by atoms with van der Waals surface area (Å²) in [4.78, 5) is 15.6. The molecule has 5 nitrogen and oxygen atoms in total. The van der Waals surface area contributed by atoms with Gasteiger partial charge in [-0.3, -0.25) is 0 Å². The van der Waals surface area contributed by atoms with Crippen molar-refractivity contribution in [2.45, 2.75) is 65.2 Å². The first kappa shape index (κ1) is 30.8. The van der Waals surface area contributed by atoms with E-state index in [1.165, 1.54) is 38.4 Å². The Bertz CT molecular complexity index is 2550. The molecule has 0 unspecified atom stereocenters. The summed E-state index contributed by atoms with van der Waals surface area (Å²) in [6.45, 7) is 13.6. The smallest absolute Gasteiger partial charge is 0.656 e. The average molecular weight is 807 g/mol. The molecule has 1 aliphatic carbocycles. The van der Waals surface area contributed by atoms with Gasteiger partial charge >= 0.3 is 21.1 Å². The van der Waals surface area contributed by atoms with Crippen LogP contribution in [-0.4, -0.2) is 14.8 Å². The van der Waals surface area contributed by atoms with E-state index in [1.54, 1.807) is 0 Å². The number of benzene rings is 4. The number of para-hydroxylation sites is 2. The van der Waals surface area contributed by atoms with E-state index in [-0.39, 0.29) is 31.9 Å². The van der Waals surface area contributed by atoms with Crippen LogP contribution in [0.5, 0.6) is 0 Å². The summed E-state index contributed by atoms with van der Waals surface area (Å²) in [5.41, 5.74) is 13.1. The fraction of sp³-hybridized carbons (Fsp3) is 0.238. The van der Waals surface area contributed by atoms with Gasteiger partial charge in [0.2, 0.25) is 0 Å². The van der Waals surface area contributed by atoms with Crippen LogP contribution < -0.4 is 9.97 Å². The number of hydrogen-bond donors (Lipinski definition) is 0. The SMILES string of the molecule is CC(C)(C)c1ccc2[n-]c3c(-c4nn(-c5ccc6c(n5)-c5[n-]c7ccccc7c5CC6)c5ccccc45)cc(C(C)(C)C)cc3c2c1.[Pt+2]. The van der Waals surface area contributed by atoms with Crippen LogP contribution in [0.2, 0.25) is 0 Å². The van der Waals surface area contributed by atoms with E-state index in [4.69, 9.17) is 20.1 Å². The number of fused-ring (bicyclic) bond motifs is 9. The van der Waals surface area contributed by atoms with Gasteiger partial charge in [-0.05, 0) is 74.2 Å². The van der Waals surface area contributed by atoms with E-state index < -0.39 is 0 Å². The molecule has 9 rings (SSSR count). The Balaban J connectivity index is 0.00000336. The van der Waals surface area contributed by atoms with E-state index in [0.29, 0.717) is 0 Å². The molecule has 4 aromatic heterocycles. The molecule has 8 aromatic rings. The van der Waals surface area contributed by atoms with Gasteiger partial charge in [-0.1, -0.05) is 126 Å². The Morgan fingerprint density at radius 3 is 2.12 bits per heavy atom. The van der Waals surface area contributed by atoms with Gasteiger partial charge in [0.25, 0.3) is 0 Å². The molecule has 0 saturated heterocycles. The van der Waals surface area contributed by atoms with Gasteiger partial charge in [-0.15, -0.1) is 22.2 Å². The largest absolute Gasteiger partial charge is 2.00 e. The topological polar surface area (TPSA) is 58.9 Å². The number of aromatic nitrogens is 5. The van der Waals surface area contributed by atoms with E-state index in [0.717, 1.165) is 68.8 Å². The fourth-order valence-electron chi connectivity index (χ4n) is 7.30. The zero-order chi connectivity index (χ0) is 32.2. The van der Waals surface area contributed by atoms with Crippen LogP contribution in [0, 0.1) is 0 Å². The van der Waals surface area contributed by atoms with Gasteiger partial charge in [-0.25, -0.2) is 9.67 Å². The van der Waals surface area contributed by atoms with Crippen molar-refractivity contribution < 1.29 is 21.1 Å². The first-order chi connectivity index (χ1) is 22.5. The molecule has 48 heavy (non-hydrogen) atoms. The number of hydrogen-bond acceptors (Lipinski definition) is 2. The Labute approximate surface area is 295 Å². The van der Waals surface area contributed by atoms with Crippen molar-refractivity contribution >= 4 is 43.6 Å². The zero-order valence-electron chi connectivity index (χ0n) is 28.1. The van der Waals surface area contributed by atoms with Crippen molar-refractivity contribution in [3.63, 3.8) is 0 Å². The Hall–Kier alpha value is -4.47.